The molecule has 0 spiro atoms. The van der Waals surface area contributed by atoms with E-state index in [4.69, 9.17) is 4.74 Å². The number of benzene rings is 4. The second-order valence-corrected chi connectivity index (χ2v) is 8.02. The van der Waals surface area contributed by atoms with Crippen molar-refractivity contribution in [2.45, 2.75) is 13.5 Å². The number of ketones is 1. The van der Waals surface area contributed by atoms with Gasteiger partial charge in [-0.1, -0.05) is 48.0 Å². The molecule has 1 amide bonds. The van der Waals surface area contributed by atoms with Crippen LogP contribution < -0.4 is 15.4 Å². The van der Waals surface area contributed by atoms with Crippen molar-refractivity contribution in [3.63, 3.8) is 0 Å². The first-order valence-electron chi connectivity index (χ1n) is 10.7. The third-order valence-electron chi connectivity index (χ3n) is 5.56. The first-order chi connectivity index (χ1) is 16.1. The normalized spacial score (nSPS) is 12.1. The van der Waals surface area contributed by atoms with Gasteiger partial charge in [0.05, 0.1) is 5.56 Å². The Hall–Kier alpha value is -4.38. The van der Waals surface area contributed by atoms with E-state index in [9.17, 15) is 9.59 Å². The first-order valence-corrected chi connectivity index (χ1v) is 10.7. The lowest BCUT2D eigenvalue weighted by atomic mass is 9.99. The lowest BCUT2D eigenvalue weighted by molar-refractivity contribution is 0.102. The lowest BCUT2D eigenvalue weighted by Gasteiger charge is -2.12. The Morgan fingerprint density at radius 1 is 0.788 bits per heavy atom. The topological polar surface area (TPSA) is 67.4 Å². The predicted molar refractivity (Wildman–Crippen MR) is 130 cm³/mol. The van der Waals surface area contributed by atoms with Crippen LogP contribution in [0.25, 0.3) is 0 Å². The molecule has 0 aromatic heterocycles. The molecule has 1 heterocycles. The monoisotopic (exact) mass is 434 g/mol. The number of ether oxygens (including phenoxy) is 1. The number of rotatable bonds is 4. The van der Waals surface area contributed by atoms with Gasteiger partial charge in [0.1, 0.15) is 12.4 Å². The molecule has 0 unspecified atom stereocenters. The molecule has 0 fully saturated rings. The molecular formula is C28H22N2O3. The van der Waals surface area contributed by atoms with Crippen molar-refractivity contribution in [2.75, 3.05) is 10.6 Å². The third-order valence-corrected chi connectivity index (χ3v) is 5.56. The molecule has 1 aliphatic rings. The highest BCUT2D eigenvalue weighted by Gasteiger charge is 2.22. The summed E-state index contributed by atoms with van der Waals surface area (Å²) in [5.74, 6) is 0.350. The second-order valence-electron chi connectivity index (χ2n) is 8.02. The number of carbonyl (C=O) groups excluding carboxylic acids is 2. The molecule has 0 saturated heterocycles. The van der Waals surface area contributed by atoms with Gasteiger partial charge in [-0.25, -0.2) is 0 Å². The zero-order valence-electron chi connectivity index (χ0n) is 18.1. The second kappa shape index (κ2) is 8.63. The van der Waals surface area contributed by atoms with E-state index < -0.39 is 0 Å². The molecule has 0 aliphatic carbocycles. The summed E-state index contributed by atoms with van der Waals surface area (Å²) in [6.07, 6.45) is 0. The molecule has 4 aromatic rings. The van der Waals surface area contributed by atoms with Gasteiger partial charge in [0.2, 0.25) is 0 Å². The predicted octanol–water partition coefficient (Wildman–Crippen LogP) is 6.11. The van der Waals surface area contributed by atoms with E-state index in [0.29, 0.717) is 34.7 Å². The number of anilines is 3. The van der Waals surface area contributed by atoms with Gasteiger partial charge < -0.3 is 15.4 Å². The largest absolute Gasteiger partial charge is 0.488 e. The Labute approximate surface area is 192 Å². The van der Waals surface area contributed by atoms with Gasteiger partial charge in [-0.3, -0.25) is 9.59 Å². The minimum Gasteiger partial charge on any atom is -0.488 e. The van der Waals surface area contributed by atoms with E-state index in [2.05, 4.69) is 10.6 Å². The van der Waals surface area contributed by atoms with Crippen molar-refractivity contribution in [3.8, 4) is 5.75 Å². The molecule has 4 aromatic carbocycles. The molecule has 1 aliphatic heterocycles. The van der Waals surface area contributed by atoms with Crippen LogP contribution in [-0.2, 0) is 6.61 Å². The van der Waals surface area contributed by atoms with Gasteiger partial charge in [0, 0.05) is 39.8 Å². The molecule has 5 heteroatoms. The van der Waals surface area contributed by atoms with E-state index in [1.54, 1.807) is 12.1 Å². The number of amides is 1. The smallest absolute Gasteiger partial charge is 0.255 e. The van der Waals surface area contributed by atoms with E-state index >= 15 is 0 Å². The Morgan fingerprint density at radius 2 is 1.58 bits per heavy atom. The zero-order chi connectivity index (χ0) is 22.8. The molecule has 0 bridgehead atoms. The van der Waals surface area contributed by atoms with Crippen LogP contribution in [0.2, 0.25) is 0 Å². The summed E-state index contributed by atoms with van der Waals surface area (Å²) in [4.78, 5) is 25.5. The highest BCUT2D eigenvalue weighted by atomic mass is 16.5. The fourth-order valence-electron chi connectivity index (χ4n) is 3.91. The van der Waals surface area contributed by atoms with Gasteiger partial charge >= 0.3 is 0 Å². The summed E-state index contributed by atoms with van der Waals surface area (Å²) in [6, 6.07) is 27.9. The summed E-state index contributed by atoms with van der Waals surface area (Å²) in [6.45, 7) is 2.30. The average Bonchev–Trinajstić information content (AvgIpc) is 2.96. The van der Waals surface area contributed by atoms with Crippen LogP contribution >= 0.6 is 0 Å². The number of aryl methyl sites for hydroxylation is 1. The van der Waals surface area contributed by atoms with Crippen molar-refractivity contribution < 1.29 is 14.3 Å². The maximum atomic E-state index is 12.9. The fraction of sp³-hybridized carbons (Fsp3) is 0.0714. The Bertz CT molecular complexity index is 1380. The van der Waals surface area contributed by atoms with Crippen molar-refractivity contribution in [3.05, 3.63) is 119 Å². The maximum absolute atomic E-state index is 12.9. The molecule has 0 radical (unpaired) electrons. The van der Waals surface area contributed by atoms with Gasteiger partial charge in [-0.15, -0.1) is 0 Å². The maximum Gasteiger partial charge on any atom is 0.255 e. The number of hydrogen-bond donors (Lipinski definition) is 2. The van der Waals surface area contributed by atoms with Crippen LogP contribution in [0.3, 0.4) is 0 Å². The Balaban J connectivity index is 1.34. The summed E-state index contributed by atoms with van der Waals surface area (Å²) in [5.41, 5.74) is 6.02. The minimum atomic E-state index is -0.160. The number of hydrogen-bond acceptors (Lipinski definition) is 4. The van der Waals surface area contributed by atoms with Gasteiger partial charge in [0.25, 0.3) is 5.91 Å². The highest BCUT2D eigenvalue weighted by molar-refractivity contribution is 6.12. The van der Waals surface area contributed by atoms with Crippen molar-refractivity contribution in [1.82, 2.24) is 0 Å². The van der Waals surface area contributed by atoms with Crippen LogP contribution in [-0.4, -0.2) is 11.7 Å². The highest BCUT2D eigenvalue weighted by Crippen LogP contribution is 2.32. The van der Waals surface area contributed by atoms with Crippen LogP contribution in [0.5, 0.6) is 5.75 Å². The molecule has 33 heavy (non-hydrogen) atoms. The molecule has 2 N–H and O–H groups in total. The third kappa shape index (κ3) is 4.34. The standard InChI is InChI=1S/C28H22N2O3/c1-18-6-4-8-19(14-18)28(32)30-22-10-5-9-21(15-22)29-23-12-13-25-26(16-23)33-17-20-7-2-3-11-24(20)27(25)31/h2-16,29H,17H2,1H3,(H,30,32). The minimum absolute atomic E-state index is 0.0366. The van der Waals surface area contributed by atoms with Crippen molar-refractivity contribution in [1.29, 1.82) is 0 Å². The summed E-state index contributed by atoms with van der Waals surface area (Å²) in [7, 11) is 0. The zero-order valence-corrected chi connectivity index (χ0v) is 18.1. The van der Waals surface area contributed by atoms with Gasteiger partial charge in [0.15, 0.2) is 5.78 Å². The average molecular weight is 434 g/mol. The van der Waals surface area contributed by atoms with E-state index in [1.807, 2.05) is 85.8 Å². The first kappa shape index (κ1) is 20.5. The van der Waals surface area contributed by atoms with E-state index in [-0.39, 0.29) is 11.7 Å². The summed E-state index contributed by atoms with van der Waals surface area (Å²) < 4.78 is 5.94. The van der Waals surface area contributed by atoms with Gasteiger partial charge in [-0.2, -0.15) is 0 Å². The summed E-state index contributed by atoms with van der Waals surface area (Å²) >= 11 is 0. The molecule has 162 valence electrons. The van der Waals surface area contributed by atoms with Crippen LogP contribution in [0.4, 0.5) is 17.1 Å². The molecular weight excluding hydrogens is 412 g/mol. The molecule has 5 rings (SSSR count). The molecule has 5 nitrogen and oxygen atoms in total. The number of nitrogens with one attached hydrogen (secondary N) is 2. The van der Waals surface area contributed by atoms with Crippen LogP contribution in [0, 0.1) is 6.92 Å². The van der Waals surface area contributed by atoms with Crippen LogP contribution in [0.1, 0.15) is 37.4 Å². The van der Waals surface area contributed by atoms with Gasteiger partial charge in [-0.05, 0) is 49.4 Å². The van der Waals surface area contributed by atoms with Crippen molar-refractivity contribution in [2.24, 2.45) is 0 Å². The fourth-order valence-corrected chi connectivity index (χ4v) is 3.91. The lowest BCUT2D eigenvalue weighted by Crippen LogP contribution is -2.12. The summed E-state index contributed by atoms with van der Waals surface area (Å²) in [5, 5.41) is 6.27. The SMILES string of the molecule is Cc1cccc(C(=O)Nc2cccc(Nc3ccc4c(c3)OCc3ccccc3C4=O)c2)c1. The quantitative estimate of drug-likeness (QED) is 0.406. The molecule has 0 saturated carbocycles. The van der Waals surface area contributed by atoms with E-state index in [1.165, 1.54) is 0 Å². The molecule has 0 atom stereocenters. The Morgan fingerprint density at radius 3 is 2.45 bits per heavy atom. The van der Waals surface area contributed by atoms with Crippen LogP contribution in [0.15, 0.2) is 91.0 Å². The number of carbonyl (C=O) groups is 2. The Kier molecular flexibility index (Phi) is 5.37. The number of fused-ring (bicyclic) bond motifs is 2. The van der Waals surface area contributed by atoms with E-state index in [0.717, 1.165) is 22.5 Å². The van der Waals surface area contributed by atoms with Crippen molar-refractivity contribution >= 4 is 28.8 Å².